The lowest BCUT2D eigenvalue weighted by Gasteiger charge is -2.17. The van der Waals surface area contributed by atoms with Gasteiger partial charge in [-0.15, -0.1) is 0 Å². The highest BCUT2D eigenvalue weighted by Gasteiger charge is 2.16. The Morgan fingerprint density at radius 3 is 2.68 bits per heavy atom. The second kappa shape index (κ2) is 6.58. The highest BCUT2D eigenvalue weighted by Crippen LogP contribution is 2.27. The van der Waals surface area contributed by atoms with E-state index in [9.17, 15) is 5.11 Å². The fraction of sp³-hybridized carbons (Fsp3) is 0.562. The maximum Gasteiger partial charge on any atom is 0.125 e. The summed E-state index contributed by atoms with van der Waals surface area (Å²) in [6, 6.07) is 8.09. The zero-order valence-corrected chi connectivity index (χ0v) is 12.2. The van der Waals surface area contributed by atoms with Gasteiger partial charge >= 0.3 is 0 Å². The molecule has 1 aromatic rings. The molecule has 0 bridgehead atoms. The molecule has 1 N–H and O–H groups in total. The second-order valence-corrected chi connectivity index (χ2v) is 5.66. The van der Waals surface area contributed by atoms with E-state index in [1.165, 1.54) is 0 Å². The van der Waals surface area contributed by atoms with Gasteiger partial charge in [0.15, 0.2) is 0 Å². The van der Waals surface area contributed by atoms with Gasteiger partial charge in [-0.1, -0.05) is 12.1 Å². The van der Waals surface area contributed by atoms with Crippen LogP contribution in [0.25, 0.3) is 0 Å². The molecule has 3 nitrogen and oxygen atoms in total. The maximum absolute atomic E-state index is 9.70. The molecule has 0 fully saturated rings. The van der Waals surface area contributed by atoms with Crippen molar-refractivity contribution in [3.63, 3.8) is 0 Å². The highest BCUT2D eigenvalue weighted by atomic mass is 16.5. The number of aryl methyl sites for hydroxylation is 1. The van der Waals surface area contributed by atoms with Gasteiger partial charge in [-0.05, 0) is 52.2 Å². The third-order valence-corrected chi connectivity index (χ3v) is 3.13. The van der Waals surface area contributed by atoms with Crippen LogP contribution >= 0.6 is 0 Å². The van der Waals surface area contributed by atoms with Gasteiger partial charge < -0.3 is 9.84 Å². The van der Waals surface area contributed by atoms with Gasteiger partial charge in [-0.3, -0.25) is 0 Å². The van der Waals surface area contributed by atoms with Crippen LogP contribution in [0.3, 0.4) is 0 Å². The minimum absolute atomic E-state index is 0.303. The van der Waals surface area contributed by atoms with Gasteiger partial charge in [0, 0.05) is 5.56 Å². The van der Waals surface area contributed by atoms with E-state index in [0.29, 0.717) is 6.61 Å². The van der Waals surface area contributed by atoms with E-state index in [1.54, 1.807) is 6.92 Å². The van der Waals surface area contributed by atoms with Crippen LogP contribution in [0.4, 0.5) is 0 Å². The predicted octanol–water partition coefficient (Wildman–Crippen LogP) is 3.76. The van der Waals surface area contributed by atoms with E-state index < -0.39 is 6.10 Å². The Kier molecular flexibility index (Phi) is 5.38. The van der Waals surface area contributed by atoms with E-state index in [0.717, 1.165) is 29.7 Å². The zero-order chi connectivity index (χ0) is 14.5. The maximum atomic E-state index is 9.70. The van der Waals surface area contributed by atoms with Crippen LogP contribution in [0.1, 0.15) is 50.8 Å². The number of aliphatic hydroxyl groups excluding tert-OH is 1. The Morgan fingerprint density at radius 1 is 1.42 bits per heavy atom. The Hall–Kier alpha value is -1.53. The number of hydrogen-bond acceptors (Lipinski definition) is 3. The number of hydrogen-bond donors (Lipinski definition) is 1. The van der Waals surface area contributed by atoms with Gasteiger partial charge in [0.1, 0.15) is 5.75 Å². The minimum atomic E-state index is -0.536. The molecular weight excluding hydrogens is 238 g/mol. The number of benzene rings is 1. The van der Waals surface area contributed by atoms with Gasteiger partial charge in [0.05, 0.1) is 24.2 Å². The molecule has 0 aliphatic heterocycles. The first-order chi connectivity index (χ1) is 8.85. The Balaban J connectivity index is 2.58. The first-order valence-electron chi connectivity index (χ1n) is 6.68. The molecule has 0 amide bonds. The van der Waals surface area contributed by atoms with Crippen LogP contribution in [0.5, 0.6) is 5.75 Å². The fourth-order valence-electron chi connectivity index (χ4n) is 1.86. The van der Waals surface area contributed by atoms with Gasteiger partial charge in [-0.2, -0.15) is 5.26 Å². The van der Waals surface area contributed by atoms with Gasteiger partial charge in [-0.25, -0.2) is 0 Å². The van der Waals surface area contributed by atoms with Crippen molar-refractivity contribution in [2.45, 2.75) is 46.6 Å². The molecule has 0 heterocycles. The Morgan fingerprint density at radius 2 is 2.11 bits per heavy atom. The molecule has 0 saturated heterocycles. The third kappa shape index (κ3) is 4.92. The topological polar surface area (TPSA) is 53.2 Å². The van der Waals surface area contributed by atoms with Gasteiger partial charge in [0.2, 0.25) is 0 Å². The van der Waals surface area contributed by atoms with Crippen LogP contribution < -0.4 is 4.74 Å². The molecule has 1 atom stereocenters. The van der Waals surface area contributed by atoms with Crippen LogP contribution in [-0.2, 0) is 0 Å². The van der Waals surface area contributed by atoms with Crippen LogP contribution in [-0.4, -0.2) is 11.7 Å². The van der Waals surface area contributed by atoms with Crippen molar-refractivity contribution in [1.29, 1.82) is 5.26 Å². The summed E-state index contributed by atoms with van der Waals surface area (Å²) >= 11 is 0. The molecule has 1 aromatic carbocycles. The molecule has 0 saturated carbocycles. The van der Waals surface area contributed by atoms with E-state index in [1.807, 2.05) is 39.0 Å². The second-order valence-electron chi connectivity index (χ2n) is 5.66. The molecule has 0 aliphatic rings. The summed E-state index contributed by atoms with van der Waals surface area (Å²) in [6.45, 7) is 8.16. The lowest BCUT2D eigenvalue weighted by molar-refractivity contribution is 0.190. The number of nitriles is 1. The molecule has 0 unspecified atom stereocenters. The summed E-state index contributed by atoms with van der Waals surface area (Å²) in [4.78, 5) is 0. The van der Waals surface area contributed by atoms with Crippen molar-refractivity contribution in [2.75, 3.05) is 6.61 Å². The van der Waals surface area contributed by atoms with Crippen LogP contribution in [0.15, 0.2) is 18.2 Å². The summed E-state index contributed by atoms with van der Waals surface area (Å²) in [6.07, 6.45) is 1.10. The lowest BCUT2D eigenvalue weighted by Crippen LogP contribution is -2.10. The van der Waals surface area contributed by atoms with Crippen LogP contribution in [0, 0.1) is 23.7 Å². The average molecular weight is 261 g/mol. The smallest absolute Gasteiger partial charge is 0.125 e. The molecule has 0 aliphatic carbocycles. The standard InChI is InChI=1S/C16H23NO2/c1-12-6-7-14(13(2)18)15(10-12)19-9-5-8-16(3,4)11-17/h6-7,10,13,18H,5,8-9H2,1-4H3/t13-/m1/s1. The minimum Gasteiger partial charge on any atom is -0.493 e. The Bertz CT molecular complexity index is 458. The number of rotatable bonds is 6. The summed E-state index contributed by atoms with van der Waals surface area (Å²) < 4.78 is 5.75. The molecular formula is C16H23NO2. The summed E-state index contributed by atoms with van der Waals surface area (Å²) in [5.41, 5.74) is 1.62. The van der Waals surface area contributed by atoms with Crippen molar-refractivity contribution < 1.29 is 9.84 Å². The van der Waals surface area contributed by atoms with Crippen molar-refractivity contribution in [3.8, 4) is 11.8 Å². The normalized spacial score (nSPS) is 12.8. The number of nitrogens with zero attached hydrogens (tertiary/aromatic N) is 1. The highest BCUT2D eigenvalue weighted by molar-refractivity contribution is 5.38. The molecule has 1 rings (SSSR count). The van der Waals surface area contributed by atoms with E-state index in [4.69, 9.17) is 10.00 Å². The van der Waals surface area contributed by atoms with Crippen LogP contribution in [0.2, 0.25) is 0 Å². The van der Waals surface area contributed by atoms with Gasteiger partial charge in [0.25, 0.3) is 0 Å². The SMILES string of the molecule is Cc1ccc([C@@H](C)O)c(OCCCC(C)(C)C#N)c1. The largest absolute Gasteiger partial charge is 0.493 e. The van der Waals surface area contributed by atoms with Crippen molar-refractivity contribution in [3.05, 3.63) is 29.3 Å². The number of ether oxygens (including phenoxy) is 1. The molecule has 19 heavy (non-hydrogen) atoms. The molecule has 0 radical (unpaired) electrons. The quantitative estimate of drug-likeness (QED) is 0.793. The summed E-state index contributed by atoms with van der Waals surface area (Å²) in [7, 11) is 0. The summed E-state index contributed by atoms with van der Waals surface area (Å²) in [5.74, 6) is 0.741. The molecule has 3 heteroatoms. The lowest BCUT2D eigenvalue weighted by atomic mass is 9.90. The average Bonchev–Trinajstić information content (AvgIpc) is 2.34. The summed E-state index contributed by atoms with van der Waals surface area (Å²) in [5, 5.41) is 18.6. The number of aliphatic hydroxyl groups is 1. The van der Waals surface area contributed by atoms with Crippen molar-refractivity contribution >= 4 is 0 Å². The van der Waals surface area contributed by atoms with E-state index in [2.05, 4.69) is 6.07 Å². The van der Waals surface area contributed by atoms with E-state index >= 15 is 0 Å². The Labute approximate surface area is 115 Å². The zero-order valence-electron chi connectivity index (χ0n) is 12.2. The predicted molar refractivity (Wildman–Crippen MR) is 75.9 cm³/mol. The van der Waals surface area contributed by atoms with Crippen molar-refractivity contribution in [1.82, 2.24) is 0 Å². The molecule has 0 spiro atoms. The third-order valence-electron chi connectivity index (χ3n) is 3.13. The van der Waals surface area contributed by atoms with Crippen molar-refractivity contribution in [2.24, 2.45) is 5.41 Å². The fourth-order valence-corrected chi connectivity index (χ4v) is 1.86. The first kappa shape index (κ1) is 15.5. The molecule has 104 valence electrons. The molecule has 0 aromatic heterocycles. The monoisotopic (exact) mass is 261 g/mol. The first-order valence-corrected chi connectivity index (χ1v) is 6.68. The van der Waals surface area contributed by atoms with E-state index in [-0.39, 0.29) is 5.41 Å².